The molecule has 1 saturated heterocycles. The number of guanidine groups is 1. The molecule has 0 unspecified atom stereocenters. The Balaban J connectivity index is 2.01. The number of thioether (sulfide) groups is 1. The van der Waals surface area contributed by atoms with E-state index >= 15 is 0 Å². The predicted molar refractivity (Wildman–Crippen MR) is 82.9 cm³/mol. The fraction of sp³-hybridized carbons (Fsp3) is 0.929. The summed E-state index contributed by atoms with van der Waals surface area (Å²) in [6, 6.07) is 0. The molecule has 2 aliphatic rings. The van der Waals surface area contributed by atoms with Crippen molar-refractivity contribution in [1.29, 1.82) is 0 Å². The summed E-state index contributed by atoms with van der Waals surface area (Å²) in [5.41, 5.74) is 0. The second-order valence-electron chi connectivity index (χ2n) is 5.47. The summed E-state index contributed by atoms with van der Waals surface area (Å²) in [7, 11) is 0. The first-order valence-corrected chi connectivity index (χ1v) is 8.56. The van der Waals surface area contributed by atoms with Gasteiger partial charge in [0.15, 0.2) is 5.96 Å². The van der Waals surface area contributed by atoms with Gasteiger partial charge in [0, 0.05) is 30.1 Å². The highest BCUT2D eigenvalue weighted by Gasteiger charge is 2.38. The van der Waals surface area contributed by atoms with Crippen molar-refractivity contribution in [2.75, 3.05) is 38.5 Å². The maximum atomic E-state index is 8.97. The van der Waals surface area contributed by atoms with Gasteiger partial charge in [-0.3, -0.25) is 4.99 Å². The van der Waals surface area contributed by atoms with E-state index in [0.29, 0.717) is 11.3 Å². The standard InChI is InChI=1S/C14H27N3OS/c1-2-15-13(16-8-10-18)17-9-11-19-14(12-17)6-4-3-5-7-14/h18H,2-12H2,1H3,(H,15,16). The van der Waals surface area contributed by atoms with Crippen LogP contribution in [0.2, 0.25) is 0 Å². The lowest BCUT2D eigenvalue weighted by molar-refractivity contribution is 0.288. The van der Waals surface area contributed by atoms with Crippen LogP contribution in [0.1, 0.15) is 39.0 Å². The molecule has 5 heteroatoms. The lowest BCUT2D eigenvalue weighted by Gasteiger charge is -2.45. The third kappa shape index (κ3) is 4.02. The molecule has 19 heavy (non-hydrogen) atoms. The quantitative estimate of drug-likeness (QED) is 0.612. The molecule has 0 radical (unpaired) electrons. The Labute approximate surface area is 121 Å². The normalized spacial score (nSPS) is 23.7. The minimum absolute atomic E-state index is 0.128. The average Bonchev–Trinajstić information content (AvgIpc) is 2.44. The van der Waals surface area contributed by atoms with E-state index in [9.17, 15) is 0 Å². The van der Waals surface area contributed by atoms with Gasteiger partial charge < -0.3 is 15.3 Å². The van der Waals surface area contributed by atoms with Crippen LogP contribution in [0.15, 0.2) is 4.99 Å². The van der Waals surface area contributed by atoms with Crippen molar-refractivity contribution in [3.05, 3.63) is 0 Å². The Bertz CT molecular complexity index is 298. The third-order valence-corrected chi connectivity index (χ3v) is 5.55. The molecular weight excluding hydrogens is 258 g/mol. The summed E-state index contributed by atoms with van der Waals surface area (Å²) in [5.74, 6) is 2.19. The Kier molecular flexibility index (Phi) is 5.82. The van der Waals surface area contributed by atoms with Crippen molar-refractivity contribution in [1.82, 2.24) is 10.2 Å². The van der Waals surface area contributed by atoms with E-state index in [1.807, 2.05) is 0 Å². The predicted octanol–water partition coefficient (Wildman–Crippen LogP) is 1.70. The number of hydrogen-bond acceptors (Lipinski definition) is 3. The van der Waals surface area contributed by atoms with E-state index in [4.69, 9.17) is 5.11 Å². The topological polar surface area (TPSA) is 47.9 Å². The molecule has 2 N–H and O–H groups in total. The number of nitrogens with zero attached hydrogens (tertiary/aromatic N) is 2. The van der Waals surface area contributed by atoms with E-state index in [1.54, 1.807) is 0 Å². The smallest absolute Gasteiger partial charge is 0.194 e. The molecule has 1 aliphatic carbocycles. The van der Waals surface area contributed by atoms with Gasteiger partial charge in [-0.05, 0) is 19.8 Å². The number of rotatable bonds is 3. The SMILES string of the molecule is CCNC(=NCCO)N1CCSC2(CCCCC2)C1. The van der Waals surface area contributed by atoms with Gasteiger partial charge in [0.1, 0.15) is 0 Å². The first-order valence-electron chi connectivity index (χ1n) is 7.58. The molecule has 0 amide bonds. The Morgan fingerprint density at radius 2 is 2.16 bits per heavy atom. The zero-order chi connectivity index (χ0) is 13.6. The average molecular weight is 285 g/mol. The van der Waals surface area contributed by atoms with Crippen molar-refractivity contribution in [2.24, 2.45) is 4.99 Å². The molecule has 1 spiro atoms. The van der Waals surface area contributed by atoms with Gasteiger partial charge in [0.2, 0.25) is 0 Å². The number of hydrogen-bond donors (Lipinski definition) is 2. The molecule has 0 aromatic heterocycles. The molecule has 0 atom stereocenters. The van der Waals surface area contributed by atoms with Gasteiger partial charge in [-0.2, -0.15) is 11.8 Å². The second-order valence-corrected chi connectivity index (χ2v) is 7.04. The third-order valence-electron chi connectivity index (χ3n) is 4.01. The first kappa shape index (κ1) is 15.0. The molecule has 0 bridgehead atoms. The van der Waals surface area contributed by atoms with E-state index in [0.717, 1.165) is 25.6 Å². The fourth-order valence-electron chi connectivity index (χ4n) is 3.11. The van der Waals surface area contributed by atoms with Crippen LogP contribution in [-0.4, -0.2) is 59.3 Å². The van der Waals surface area contributed by atoms with Crippen LogP contribution in [0.3, 0.4) is 0 Å². The number of nitrogens with one attached hydrogen (secondary N) is 1. The van der Waals surface area contributed by atoms with Gasteiger partial charge >= 0.3 is 0 Å². The van der Waals surface area contributed by atoms with Crippen LogP contribution in [0.5, 0.6) is 0 Å². The highest BCUT2D eigenvalue weighted by Crippen LogP contribution is 2.42. The number of aliphatic hydroxyl groups excluding tert-OH is 1. The molecule has 1 aliphatic heterocycles. The highest BCUT2D eigenvalue weighted by molar-refractivity contribution is 8.00. The summed E-state index contributed by atoms with van der Waals surface area (Å²) >= 11 is 2.18. The number of aliphatic imine (C=N–C) groups is 1. The maximum Gasteiger partial charge on any atom is 0.194 e. The van der Waals surface area contributed by atoms with Gasteiger partial charge in [-0.1, -0.05) is 19.3 Å². The van der Waals surface area contributed by atoms with Crippen molar-refractivity contribution >= 4 is 17.7 Å². The summed E-state index contributed by atoms with van der Waals surface area (Å²) in [4.78, 5) is 6.91. The van der Waals surface area contributed by atoms with Crippen LogP contribution in [0, 0.1) is 0 Å². The molecule has 2 rings (SSSR count). The summed E-state index contributed by atoms with van der Waals surface area (Å²) in [6.45, 7) is 5.81. The van der Waals surface area contributed by atoms with Gasteiger partial charge in [-0.15, -0.1) is 0 Å². The Morgan fingerprint density at radius 3 is 2.84 bits per heavy atom. The Morgan fingerprint density at radius 1 is 1.37 bits per heavy atom. The molecular formula is C14H27N3OS. The highest BCUT2D eigenvalue weighted by atomic mass is 32.2. The van der Waals surface area contributed by atoms with Crippen molar-refractivity contribution in [3.8, 4) is 0 Å². The second kappa shape index (κ2) is 7.39. The van der Waals surface area contributed by atoms with Crippen molar-refractivity contribution < 1.29 is 5.11 Å². The molecule has 110 valence electrons. The fourth-order valence-corrected chi connectivity index (χ4v) is 4.68. The van der Waals surface area contributed by atoms with Crippen LogP contribution < -0.4 is 5.32 Å². The number of aliphatic hydroxyl groups is 1. The molecule has 0 aromatic rings. The Hall–Kier alpha value is -0.420. The minimum atomic E-state index is 0.128. The lowest BCUT2D eigenvalue weighted by atomic mass is 9.87. The molecule has 4 nitrogen and oxygen atoms in total. The van der Waals surface area contributed by atoms with Gasteiger partial charge in [0.05, 0.1) is 13.2 Å². The van der Waals surface area contributed by atoms with Crippen LogP contribution in [0.4, 0.5) is 0 Å². The monoisotopic (exact) mass is 285 g/mol. The molecule has 0 aromatic carbocycles. The van der Waals surface area contributed by atoms with Crippen molar-refractivity contribution in [3.63, 3.8) is 0 Å². The molecule has 1 saturated carbocycles. The van der Waals surface area contributed by atoms with Crippen LogP contribution >= 0.6 is 11.8 Å². The van der Waals surface area contributed by atoms with E-state index in [1.165, 1.54) is 37.9 Å². The zero-order valence-electron chi connectivity index (χ0n) is 12.0. The lowest BCUT2D eigenvalue weighted by Crippen LogP contribution is -2.53. The zero-order valence-corrected chi connectivity index (χ0v) is 12.8. The molecule has 2 fully saturated rings. The minimum Gasteiger partial charge on any atom is -0.394 e. The first-order chi connectivity index (χ1) is 9.29. The van der Waals surface area contributed by atoms with E-state index in [2.05, 4.69) is 33.9 Å². The summed E-state index contributed by atoms with van der Waals surface area (Å²) in [5, 5.41) is 12.3. The van der Waals surface area contributed by atoms with Crippen molar-refractivity contribution in [2.45, 2.75) is 43.8 Å². The van der Waals surface area contributed by atoms with Gasteiger partial charge in [0.25, 0.3) is 0 Å². The van der Waals surface area contributed by atoms with E-state index < -0.39 is 0 Å². The summed E-state index contributed by atoms with van der Waals surface area (Å²) in [6.07, 6.45) is 6.87. The maximum absolute atomic E-state index is 8.97. The molecule has 1 heterocycles. The van der Waals surface area contributed by atoms with Crippen LogP contribution in [-0.2, 0) is 0 Å². The summed E-state index contributed by atoms with van der Waals surface area (Å²) < 4.78 is 0.464. The van der Waals surface area contributed by atoms with E-state index in [-0.39, 0.29) is 6.61 Å². The van der Waals surface area contributed by atoms with Crippen LogP contribution in [0.25, 0.3) is 0 Å². The van der Waals surface area contributed by atoms with Gasteiger partial charge in [-0.25, -0.2) is 0 Å². The largest absolute Gasteiger partial charge is 0.394 e.